The Morgan fingerprint density at radius 2 is 1.95 bits per heavy atom. The number of benzene rings is 2. The monoisotopic (exact) mass is 281 g/mol. The summed E-state index contributed by atoms with van der Waals surface area (Å²) in [5.41, 5.74) is 1.15. The first kappa shape index (κ1) is 13.7. The second-order valence-corrected chi connectivity index (χ2v) is 4.97. The van der Waals surface area contributed by atoms with Crippen LogP contribution in [0.15, 0.2) is 59.2 Å². The lowest BCUT2D eigenvalue weighted by atomic mass is 10.1. The van der Waals surface area contributed by atoms with Crippen LogP contribution in [0, 0.1) is 0 Å². The van der Waals surface area contributed by atoms with Crippen molar-refractivity contribution in [3.05, 3.63) is 66.1 Å². The lowest BCUT2D eigenvalue weighted by Gasteiger charge is -2.07. The lowest BCUT2D eigenvalue weighted by Crippen LogP contribution is -2.10. The highest BCUT2D eigenvalue weighted by atomic mass is 16.5. The van der Waals surface area contributed by atoms with Crippen LogP contribution in [-0.4, -0.2) is 6.54 Å². The minimum absolute atomic E-state index is 0.445. The fraction of sp³-hybridized carbons (Fsp3) is 0.222. The standard InChI is InChI=1S/C18H19NO2/c1-2-19-11-14-10-16(20-12-14)13-21-18-9-5-7-15-6-3-4-8-17(15)18/h3-10,12,19H,2,11,13H2,1H3. The number of ether oxygens (including phenoxy) is 1. The van der Waals surface area contributed by atoms with Gasteiger partial charge in [0.05, 0.1) is 6.26 Å². The molecule has 1 heterocycles. The molecule has 3 aromatic rings. The summed E-state index contributed by atoms with van der Waals surface area (Å²) in [6.07, 6.45) is 1.78. The van der Waals surface area contributed by atoms with Crippen LogP contribution in [0.2, 0.25) is 0 Å². The van der Waals surface area contributed by atoms with E-state index < -0.39 is 0 Å². The molecule has 0 saturated carbocycles. The number of furan rings is 1. The maximum Gasteiger partial charge on any atom is 0.146 e. The molecule has 0 aliphatic heterocycles. The van der Waals surface area contributed by atoms with Crippen molar-refractivity contribution in [3.8, 4) is 5.75 Å². The van der Waals surface area contributed by atoms with Crippen molar-refractivity contribution in [1.29, 1.82) is 0 Å². The van der Waals surface area contributed by atoms with Crippen molar-refractivity contribution in [2.45, 2.75) is 20.1 Å². The SMILES string of the molecule is CCNCc1coc(COc2cccc3ccccc23)c1. The van der Waals surface area contributed by atoms with E-state index in [0.717, 1.165) is 35.5 Å². The summed E-state index contributed by atoms with van der Waals surface area (Å²) in [5.74, 6) is 1.73. The predicted octanol–water partition coefficient (Wildman–Crippen LogP) is 4.12. The Kier molecular flexibility index (Phi) is 4.22. The van der Waals surface area contributed by atoms with Crippen LogP contribution in [0.4, 0.5) is 0 Å². The average Bonchev–Trinajstić information content (AvgIpc) is 2.99. The van der Waals surface area contributed by atoms with E-state index in [1.165, 1.54) is 5.39 Å². The maximum atomic E-state index is 5.91. The highest BCUT2D eigenvalue weighted by Gasteiger charge is 2.05. The van der Waals surface area contributed by atoms with Gasteiger partial charge in [0.25, 0.3) is 0 Å². The Morgan fingerprint density at radius 1 is 1.10 bits per heavy atom. The highest BCUT2D eigenvalue weighted by molar-refractivity contribution is 5.88. The van der Waals surface area contributed by atoms with Crippen LogP contribution in [-0.2, 0) is 13.2 Å². The first-order valence-corrected chi connectivity index (χ1v) is 7.24. The molecule has 3 rings (SSSR count). The summed E-state index contributed by atoms with van der Waals surface area (Å²) in [6.45, 7) is 4.31. The predicted molar refractivity (Wildman–Crippen MR) is 84.4 cm³/mol. The quantitative estimate of drug-likeness (QED) is 0.738. The molecular formula is C18H19NO2. The molecule has 3 heteroatoms. The molecule has 0 radical (unpaired) electrons. The van der Waals surface area contributed by atoms with E-state index in [0.29, 0.717) is 6.61 Å². The molecule has 0 aliphatic carbocycles. The van der Waals surface area contributed by atoms with Crippen LogP contribution in [0.3, 0.4) is 0 Å². The molecule has 0 fully saturated rings. The molecule has 0 saturated heterocycles. The summed E-state index contributed by atoms with van der Waals surface area (Å²) in [7, 11) is 0. The van der Waals surface area contributed by atoms with E-state index >= 15 is 0 Å². The van der Waals surface area contributed by atoms with Crippen LogP contribution in [0.1, 0.15) is 18.2 Å². The van der Waals surface area contributed by atoms with Gasteiger partial charge in [0.1, 0.15) is 18.1 Å². The van der Waals surface area contributed by atoms with Gasteiger partial charge in [0.2, 0.25) is 0 Å². The lowest BCUT2D eigenvalue weighted by molar-refractivity contribution is 0.273. The molecule has 108 valence electrons. The fourth-order valence-electron chi connectivity index (χ4n) is 2.33. The van der Waals surface area contributed by atoms with Gasteiger partial charge in [-0.1, -0.05) is 43.3 Å². The molecule has 2 aromatic carbocycles. The Labute approximate surface area is 124 Å². The van der Waals surface area contributed by atoms with Gasteiger partial charge >= 0.3 is 0 Å². The fourth-order valence-corrected chi connectivity index (χ4v) is 2.33. The van der Waals surface area contributed by atoms with E-state index in [2.05, 4.69) is 30.4 Å². The minimum Gasteiger partial charge on any atom is -0.485 e. The summed E-state index contributed by atoms with van der Waals surface area (Å²) in [4.78, 5) is 0. The molecule has 21 heavy (non-hydrogen) atoms. The second kappa shape index (κ2) is 6.46. The third kappa shape index (κ3) is 3.26. The molecule has 0 unspecified atom stereocenters. The van der Waals surface area contributed by atoms with Crippen molar-refractivity contribution in [2.75, 3.05) is 6.54 Å². The third-order valence-electron chi connectivity index (χ3n) is 3.41. The maximum absolute atomic E-state index is 5.91. The van der Waals surface area contributed by atoms with E-state index in [1.807, 2.05) is 30.3 Å². The van der Waals surface area contributed by atoms with Gasteiger partial charge in [-0.15, -0.1) is 0 Å². The molecular weight excluding hydrogens is 262 g/mol. The Morgan fingerprint density at radius 3 is 2.86 bits per heavy atom. The van der Waals surface area contributed by atoms with Gasteiger partial charge in [-0.3, -0.25) is 0 Å². The molecule has 1 aromatic heterocycles. The van der Waals surface area contributed by atoms with Crippen molar-refractivity contribution < 1.29 is 9.15 Å². The first-order chi connectivity index (χ1) is 10.4. The zero-order valence-electron chi connectivity index (χ0n) is 12.1. The van der Waals surface area contributed by atoms with Crippen molar-refractivity contribution in [2.24, 2.45) is 0 Å². The molecule has 1 N–H and O–H groups in total. The van der Waals surface area contributed by atoms with Crippen LogP contribution in [0.25, 0.3) is 10.8 Å². The summed E-state index contributed by atoms with van der Waals surface area (Å²) >= 11 is 0. The molecule has 0 aliphatic rings. The van der Waals surface area contributed by atoms with Crippen molar-refractivity contribution in [3.63, 3.8) is 0 Å². The summed E-state index contributed by atoms with van der Waals surface area (Å²) < 4.78 is 11.4. The molecule has 3 nitrogen and oxygen atoms in total. The first-order valence-electron chi connectivity index (χ1n) is 7.24. The molecule has 0 atom stereocenters. The van der Waals surface area contributed by atoms with Crippen molar-refractivity contribution in [1.82, 2.24) is 5.32 Å². The van der Waals surface area contributed by atoms with Gasteiger partial charge in [0, 0.05) is 17.5 Å². The van der Waals surface area contributed by atoms with E-state index in [9.17, 15) is 0 Å². The van der Waals surface area contributed by atoms with Gasteiger partial charge in [-0.2, -0.15) is 0 Å². The Bertz CT molecular complexity index is 713. The van der Waals surface area contributed by atoms with E-state index in [4.69, 9.17) is 9.15 Å². The topological polar surface area (TPSA) is 34.4 Å². The Balaban J connectivity index is 1.70. The molecule has 0 bridgehead atoms. The molecule has 0 spiro atoms. The van der Waals surface area contributed by atoms with Crippen molar-refractivity contribution >= 4 is 10.8 Å². The van der Waals surface area contributed by atoms with Crippen LogP contribution < -0.4 is 10.1 Å². The minimum atomic E-state index is 0.445. The number of fused-ring (bicyclic) bond motifs is 1. The van der Waals surface area contributed by atoms with Crippen LogP contribution in [0.5, 0.6) is 5.75 Å². The zero-order valence-corrected chi connectivity index (χ0v) is 12.1. The third-order valence-corrected chi connectivity index (χ3v) is 3.41. The number of nitrogens with one attached hydrogen (secondary N) is 1. The largest absolute Gasteiger partial charge is 0.485 e. The summed E-state index contributed by atoms with van der Waals surface area (Å²) in [5, 5.41) is 5.58. The van der Waals surface area contributed by atoms with E-state index in [1.54, 1.807) is 6.26 Å². The van der Waals surface area contributed by atoms with E-state index in [-0.39, 0.29) is 0 Å². The van der Waals surface area contributed by atoms with Gasteiger partial charge in [-0.25, -0.2) is 0 Å². The normalized spacial score (nSPS) is 10.9. The average molecular weight is 281 g/mol. The smallest absolute Gasteiger partial charge is 0.146 e. The highest BCUT2D eigenvalue weighted by Crippen LogP contribution is 2.26. The van der Waals surface area contributed by atoms with Gasteiger partial charge < -0.3 is 14.5 Å². The summed E-state index contributed by atoms with van der Waals surface area (Å²) in [6, 6.07) is 16.3. The second-order valence-electron chi connectivity index (χ2n) is 4.97. The zero-order chi connectivity index (χ0) is 14.5. The Hall–Kier alpha value is -2.26. The number of hydrogen-bond acceptors (Lipinski definition) is 3. The molecule has 0 amide bonds. The van der Waals surface area contributed by atoms with Crippen LogP contribution >= 0.6 is 0 Å². The van der Waals surface area contributed by atoms with Gasteiger partial charge in [0.15, 0.2) is 0 Å². The van der Waals surface area contributed by atoms with Gasteiger partial charge in [-0.05, 0) is 24.1 Å². The number of hydrogen-bond donors (Lipinski definition) is 1. The number of rotatable bonds is 6.